The van der Waals surface area contributed by atoms with Gasteiger partial charge in [0, 0.05) is 24.4 Å². The fourth-order valence-electron chi connectivity index (χ4n) is 4.63. The van der Waals surface area contributed by atoms with E-state index in [2.05, 4.69) is 31.2 Å². The maximum atomic E-state index is 12.9. The molecule has 118 valence electrons. The van der Waals surface area contributed by atoms with Crippen molar-refractivity contribution >= 4 is 5.91 Å². The smallest absolute Gasteiger partial charge is 0.226 e. The van der Waals surface area contributed by atoms with Crippen molar-refractivity contribution in [3.05, 3.63) is 35.4 Å². The summed E-state index contributed by atoms with van der Waals surface area (Å²) in [7, 11) is 0. The lowest BCUT2D eigenvalue weighted by atomic mass is 9.78. The number of aryl methyl sites for hydroxylation is 1. The summed E-state index contributed by atoms with van der Waals surface area (Å²) in [5, 5.41) is 10.1. The summed E-state index contributed by atoms with van der Waals surface area (Å²) in [5.41, 5.74) is 2.97. The van der Waals surface area contributed by atoms with Crippen LogP contribution in [0.25, 0.3) is 0 Å². The normalized spacial score (nSPS) is 37.0. The van der Waals surface area contributed by atoms with Gasteiger partial charge in [-0.25, -0.2) is 0 Å². The summed E-state index contributed by atoms with van der Waals surface area (Å²) in [6.07, 6.45) is 5.06. The van der Waals surface area contributed by atoms with Crippen LogP contribution < -0.4 is 0 Å². The second-order valence-electron chi connectivity index (χ2n) is 7.54. The summed E-state index contributed by atoms with van der Waals surface area (Å²) in [5.74, 6) is 0.741. The number of piperidine rings is 1. The van der Waals surface area contributed by atoms with Gasteiger partial charge >= 0.3 is 0 Å². The zero-order valence-electron chi connectivity index (χ0n) is 13.3. The van der Waals surface area contributed by atoms with Crippen LogP contribution in [-0.2, 0) is 16.6 Å². The van der Waals surface area contributed by atoms with Gasteiger partial charge < -0.3 is 10.0 Å². The molecule has 0 radical (unpaired) electrons. The molecular formula is C19H25NO2. The maximum absolute atomic E-state index is 12.9. The van der Waals surface area contributed by atoms with E-state index >= 15 is 0 Å². The van der Waals surface area contributed by atoms with Gasteiger partial charge in [-0.05, 0) is 49.1 Å². The van der Waals surface area contributed by atoms with Crippen molar-refractivity contribution in [3.63, 3.8) is 0 Å². The number of fused-ring (bicyclic) bond motifs is 2. The molecule has 1 aromatic rings. The maximum Gasteiger partial charge on any atom is 0.226 e. The van der Waals surface area contributed by atoms with E-state index in [-0.39, 0.29) is 23.3 Å². The summed E-state index contributed by atoms with van der Waals surface area (Å²) >= 11 is 0. The molecular weight excluding hydrogens is 274 g/mol. The molecule has 3 nitrogen and oxygen atoms in total. The highest BCUT2D eigenvalue weighted by atomic mass is 16.3. The molecule has 1 aliphatic heterocycles. The van der Waals surface area contributed by atoms with Crippen LogP contribution in [-0.4, -0.2) is 35.1 Å². The number of amides is 1. The summed E-state index contributed by atoms with van der Waals surface area (Å²) < 4.78 is 0. The lowest BCUT2D eigenvalue weighted by Gasteiger charge is -2.35. The predicted octanol–water partition coefficient (Wildman–Crippen LogP) is 2.51. The molecule has 0 bridgehead atoms. The molecule has 1 N–H and O–H groups in total. The highest BCUT2D eigenvalue weighted by Gasteiger charge is 2.61. The molecule has 3 heteroatoms. The third-order valence-electron chi connectivity index (χ3n) is 6.23. The van der Waals surface area contributed by atoms with E-state index < -0.39 is 0 Å². The van der Waals surface area contributed by atoms with Crippen LogP contribution >= 0.6 is 0 Å². The number of carbonyl (C=O) groups excluding carboxylic acids is 1. The monoisotopic (exact) mass is 299 g/mol. The lowest BCUT2D eigenvalue weighted by Crippen LogP contribution is -2.47. The first-order valence-electron chi connectivity index (χ1n) is 8.67. The van der Waals surface area contributed by atoms with Crippen molar-refractivity contribution in [2.75, 3.05) is 13.1 Å². The Labute approximate surface area is 132 Å². The Bertz CT molecular complexity index is 599. The third-order valence-corrected chi connectivity index (χ3v) is 6.23. The molecule has 1 amide bonds. The van der Waals surface area contributed by atoms with Crippen LogP contribution in [0.5, 0.6) is 0 Å². The van der Waals surface area contributed by atoms with Crippen LogP contribution in [0.15, 0.2) is 24.3 Å². The summed E-state index contributed by atoms with van der Waals surface area (Å²) in [4.78, 5) is 14.8. The Kier molecular flexibility index (Phi) is 3.30. The van der Waals surface area contributed by atoms with E-state index in [4.69, 9.17) is 0 Å². The highest BCUT2D eigenvalue weighted by molar-refractivity contribution is 5.85. The highest BCUT2D eigenvalue weighted by Crippen LogP contribution is 2.60. The van der Waals surface area contributed by atoms with E-state index in [1.165, 1.54) is 17.5 Å². The number of aliphatic hydroxyl groups is 1. The number of hydrogen-bond acceptors (Lipinski definition) is 2. The molecule has 4 rings (SSSR count). The van der Waals surface area contributed by atoms with Crippen LogP contribution in [0.3, 0.4) is 0 Å². The number of aliphatic hydroxyl groups excluding tert-OH is 1. The molecule has 0 aromatic heterocycles. The molecule has 1 spiro atoms. The first-order chi connectivity index (χ1) is 10.6. The first kappa shape index (κ1) is 14.3. The van der Waals surface area contributed by atoms with Gasteiger partial charge in [0.15, 0.2) is 0 Å². The van der Waals surface area contributed by atoms with Crippen LogP contribution in [0, 0.1) is 11.8 Å². The van der Waals surface area contributed by atoms with Crippen molar-refractivity contribution in [2.24, 2.45) is 11.8 Å². The van der Waals surface area contributed by atoms with E-state index in [1.807, 2.05) is 4.90 Å². The van der Waals surface area contributed by atoms with Gasteiger partial charge in [-0.2, -0.15) is 0 Å². The van der Waals surface area contributed by atoms with E-state index in [0.717, 1.165) is 32.2 Å². The largest absolute Gasteiger partial charge is 0.391 e. The Morgan fingerprint density at radius 2 is 2.18 bits per heavy atom. The van der Waals surface area contributed by atoms with E-state index in [1.54, 1.807) is 0 Å². The molecule has 3 aliphatic rings. The fraction of sp³-hybridized carbons (Fsp3) is 0.632. The minimum atomic E-state index is -0.356. The zero-order valence-corrected chi connectivity index (χ0v) is 13.3. The first-order valence-corrected chi connectivity index (χ1v) is 8.67. The summed E-state index contributed by atoms with van der Waals surface area (Å²) in [6, 6.07) is 8.68. The SMILES string of the molecule is CC1CCN(C(=O)C2CC23CCCc2ccccc23)CC1O. The quantitative estimate of drug-likeness (QED) is 0.865. The molecule has 2 aliphatic carbocycles. The fourth-order valence-corrected chi connectivity index (χ4v) is 4.63. The molecule has 4 atom stereocenters. The Morgan fingerprint density at radius 1 is 1.36 bits per heavy atom. The van der Waals surface area contributed by atoms with Crippen LogP contribution in [0.1, 0.15) is 43.7 Å². The number of likely N-dealkylation sites (tertiary alicyclic amines) is 1. The average molecular weight is 299 g/mol. The minimum Gasteiger partial charge on any atom is -0.391 e. The van der Waals surface area contributed by atoms with Crippen molar-refractivity contribution < 1.29 is 9.90 Å². The van der Waals surface area contributed by atoms with Crippen molar-refractivity contribution in [1.82, 2.24) is 4.90 Å². The molecule has 22 heavy (non-hydrogen) atoms. The number of benzene rings is 1. The van der Waals surface area contributed by atoms with Crippen LogP contribution in [0.4, 0.5) is 0 Å². The Morgan fingerprint density at radius 3 is 3.00 bits per heavy atom. The van der Waals surface area contributed by atoms with Gasteiger partial charge in [0.05, 0.1) is 6.10 Å². The number of nitrogens with zero attached hydrogens (tertiary/aromatic N) is 1. The molecule has 1 aromatic carbocycles. The number of hydrogen-bond donors (Lipinski definition) is 1. The zero-order chi connectivity index (χ0) is 15.3. The van der Waals surface area contributed by atoms with Gasteiger partial charge in [-0.1, -0.05) is 31.2 Å². The minimum absolute atomic E-state index is 0.111. The van der Waals surface area contributed by atoms with Gasteiger partial charge in [0.25, 0.3) is 0 Å². The molecule has 2 fully saturated rings. The van der Waals surface area contributed by atoms with Gasteiger partial charge in [0.2, 0.25) is 5.91 Å². The molecule has 1 saturated carbocycles. The molecule has 1 saturated heterocycles. The second-order valence-corrected chi connectivity index (χ2v) is 7.54. The Hall–Kier alpha value is -1.35. The van der Waals surface area contributed by atoms with Crippen molar-refractivity contribution in [1.29, 1.82) is 0 Å². The third kappa shape index (κ3) is 2.10. The second kappa shape index (κ2) is 5.09. The molecule has 4 unspecified atom stereocenters. The van der Waals surface area contributed by atoms with Gasteiger partial charge in [0.1, 0.15) is 0 Å². The van der Waals surface area contributed by atoms with E-state index in [9.17, 15) is 9.90 Å². The van der Waals surface area contributed by atoms with Gasteiger partial charge in [-0.15, -0.1) is 0 Å². The summed E-state index contributed by atoms with van der Waals surface area (Å²) in [6.45, 7) is 3.40. The van der Waals surface area contributed by atoms with Crippen molar-refractivity contribution in [2.45, 2.75) is 50.5 Å². The average Bonchev–Trinajstić information content (AvgIpc) is 3.25. The number of rotatable bonds is 1. The number of β-amino-alcohol motifs (C(OH)–C–C–N with tert-alkyl or cyclic N) is 1. The van der Waals surface area contributed by atoms with Gasteiger partial charge in [-0.3, -0.25) is 4.79 Å². The lowest BCUT2D eigenvalue weighted by molar-refractivity contribution is -0.137. The topological polar surface area (TPSA) is 40.5 Å². The predicted molar refractivity (Wildman–Crippen MR) is 85.5 cm³/mol. The number of carbonyl (C=O) groups is 1. The van der Waals surface area contributed by atoms with Crippen molar-refractivity contribution in [3.8, 4) is 0 Å². The standard InChI is InChI=1S/C19H25NO2/c1-13-8-10-20(12-17(13)21)18(22)16-11-19(16)9-4-6-14-5-2-3-7-15(14)19/h2-3,5,7,13,16-17,21H,4,6,8-12H2,1H3. The Balaban J connectivity index is 1.54. The molecule has 1 heterocycles. The van der Waals surface area contributed by atoms with Crippen LogP contribution in [0.2, 0.25) is 0 Å². The van der Waals surface area contributed by atoms with E-state index in [0.29, 0.717) is 12.5 Å².